The van der Waals surface area contributed by atoms with Crippen molar-refractivity contribution in [1.82, 2.24) is 4.90 Å². The lowest BCUT2D eigenvalue weighted by molar-refractivity contribution is -0.364. The Bertz CT molecular complexity index is 802. The molecule has 0 saturated carbocycles. The topological polar surface area (TPSA) is 71.8 Å². The fraction of sp³-hybridized carbons (Fsp3) is 0.333. The Labute approximate surface area is 148 Å². The molecule has 132 valence electrons. The van der Waals surface area contributed by atoms with E-state index < -0.39 is 9.84 Å². The van der Waals surface area contributed by atoms with E-state index in [1.807, 2.05) is 24.4 Å². The Morgan fingerprint density at radius 2 is 1.64 bits per heavy atom. The summed E-state index contributed by atoms with van der Waals surface area (Å²) in [6, 6.07) is 14.2. The summed E-state index contributed by atoms with van der Waals surface area (Å²) in [5, 5.41) is 0. The van der Waals surface area contributed by atoms with Crippen LogP contribution < -0.4 is 9.88 Å². The number of piperazine rings is 1. The van der Waals surface area contributed by atoms with Gasteiger partial charge in [0.1, 0.15) is 13.1 Å². The number of sulfone groups is 1. The molecule has 0 aliphatic carbocycles. The van der Waals surface area contributed by atoms with Crippen LogP contribution in [0.3, 0.4) is 0 Å². The normalized spacial score (nSPS) is 15.2. The number of hydrogen-bond donors (Lipinski definition) is 0. The first-order valence-electron chi connectivity index (χ1n) is 8.33. The molecule has 0 radical (unpaired) electrons. The second kappa shape index (κ2) is 7.65. The van der Waals surface area contributed by atoms with Gasteiger partial charge in [-0.3, -0.25) is 9.69 Å². The molecular weight excluding hydrogens is 338 g/mol. The molecule has 0 atom stereocenters. The molecular formula is C18H22N3O3S+. The summed E-state index contributed by atoms with van der Waals surface area (Å²) in [5.74, 6) is 0.778. The van der Waals surface area contributed by atoms with E-state index in [0.29, 0.717) is 13.1 Å². The van der Waals surface area contributed by atoms with Crippen LogP contribution in [0, 0.1) is 0 Å². The Morgan fingerprint density at radius 3 is 2.28 bits per heavy atom. The van der Waals surface area contributed by atoms with Gasteiger partial charge in [0.15, 0.2) is 9.84 Å². The summed E-state index contributed by atoms with van der Waals surface area (Å²) >= 11 is 0. The summed E-state index contributed by atoms with van der Waals surface area (Å²) in [6.45, 7) is 2.68. The molecule has 0 unspecified atom stereocenters. The molecule has 0 bridgehead atoms. The van der Waals surface area contributed by atoms with Crippen LogP contribution in [-0.2, 0) is 14.6 Å². The fourth-order valence-electron chi connectivity index (χ4n) is 2.90. The summed E-state index contributed by atoms with van der Waals surface area (Å²) in [6.07, 6.45) is 1.90. The molecule has 1 aliphatic heterocycles. The van der Waals surface area contributed by atoms with E-state index in [1.54, 1.807) is 35.2 Å². The standard InChI is InChI=1S/C18H21N3O3S/c22-18(9-15-25(23,24)16-6-2-1-3-7-16)21-13-11-20(12-14-21)17-8-4-5-10-19-17/h1-8,10H,9,11-15H2/p+1. The Morgan fingerprint density at radius 1 is 0.960 bits per heavy atom. The maximum atomic E-state index is 12.4. The molecule has 25 heavy (non-hydrogen) atoms. The van der Waals surface area contributed by atoms with Crippen molar-refractivity contribution in [2.24, 2.45) is 0 Å². The lowest BCUT2D eigenvalue weighted by Gasteiger charge is -2.31. The molecule has 0 spiro atoms. The van der Waals surface area contributed by atoms with Crippen LogP contribution in [0.2, 0.25) is 0 Å². The van der Waals surface area contributed by atoms with Crippen LogP contribution in [0.25, 0.3) is 0 Å². The maximum absolute atomic E-state index is 12.4. The van der Waals surface area contributed by atoms with Gasteiger partial charge in [-0.15, -0.1) is 0 Å². The van der Waals surface area contributed by atoms with Crippen molar-refractivity contribution in [3.63, 3.8) is 0 Å². The number of aromatic amines is 1. The van der Waals surface area contributed by atoms with Gasteiger partial charge >= 0.3 is 0 Å². The number of pyridine rings is 1. The van der Waals surface area contributed by atoms with Gasteiger partial charge < -0.3 is 4.90 Å². The van der Waals surface area contributed by atoms with Gasteiger partial charge in [0.25, 0.3) is 5.82 Å². The number of anilines is 1. The van der Waals surface area contributed by atoms with Gasteiger partial charge in [-0.1, -0.05) is 24.3 Å². The third kappa shape index (κ3) is 4.36. The number of nitrogens with one attached hydrogen (secondary N) is 1. The Balaban J connectivity index is 1.52. The van der Waals surface area contributed by atoms with Crippen LogP contribution in [0.4, 0.5) is 5.82 Å². The average molecular weight is 360 g/mol. The molecule has 1 fully saturated rings. The monoisotopic (exact) mass is 360 g/mol. The highest BCUT2D eigenvalue weighted by Gasteiger charge is 2.27. The van der Waals surface area contributed by atoms with Gasteiger partial charge in [-0.2, -0.15) is 0 Å². The average Bonchev–Trinajstić information content (AvgIpc) is 2.68. The summed E-state index contributed by atoms with van der Waals surface area (Å²) in [5.41, 5.74) is 0. The SMILES string of the molecule is O=C(CCS(=O)(=O)c1ccccc1)N1CCN(c2cccc[nH+]2)CC1. The first-order valence-corrected chi connectivity index (χ1v) is 9.99. The van der Waals surface area contributed by atoms with Crippen LogP contribution >= 0.6 is 0 Å². The number of H-pyrrole nitrogens is 1. The number of carbonyl (C=O) groups is 1. The molecule has 1 aromatic heterocycles. The molecule has 1 aliphatic rings. The minimum atomic E-state index is -3.41. The number of carbonyl (C=O) groups excluding carboxylic acids is 1. The van der Waals surface area contributed by atoms with Crippen molar-refractivity contribution in [1.29, 1.82) is 0 Å². The van der Waals surface area contributed by atoms with E-state index in [4.69, 9.17) is 0 Å². The highest BCUT2D eigenvalue weighted by Crippen LogP contribution is 2.14. The second-order valence-electron chi connectivity index (χ2n) is 6.00. The zero-order chi connectivity index (χ0) is 17.7. The molecule has 1 saturated heterocycles. The fourth-order valence-corrected chi connectivity index (χ4v) is 4.15. The van der Waals surface area contributed by atoms with Crippen molar-refractivity contribution in [3.8, 4) is 0 Å². The van der Waals surface area contributed by atoms with Gasteiger partial charge in [0.2, 0.25) is 5.91 Å². The van der Waals surface area contributed by atoms with E-state index in [1.165, 1.54) is 0 Å². The molecule has 1 amide bonds. The van der Waals surface area contributed by atoms with Crippen LogP contribution in [0.5, 0.6) is 0 Å². The van der Waals surface area contributed by atoms with Gasteiger partial charge in [-0.25, -0.2) is 13.4 Å². The van der Waals surface area contributed by atoms with Crippen LogP contribution in [-0.4, -0.2) is 51.2 Å². The maximum Gasteiger partial charge on any atom is 0.274 e. The zero-order valence-electron chi connectivity index (χ0n) is 14.0. The quantitative estimate of drug-likeness (QED) is 0.798. The second-order valence-corrected chi connectivity index (χ2v) is 8.11. The van der Waals surface area contributed by atoms with Gasteiger partial charge in [-0.05, 0) is 18.2 Å². The van der Waals surface area contributed by atoms with E-state index in [0.717, 1.165) is 18.9 Å². The summed E-state index contributed by atoms with van der Waals surface area (Å²) in [7, 11) is -3.41. The number of aromatic nitrogens is 1. The van der Waals surface area contributed by atoms with Crippen LogP contribution in [0.1, 0.15) is 6.42 Å². The first-order chi connectivity index (χ1) is 12.1. The van der Waals surface area contributed by atoms with Crippen LogP contribution in [0.15, 0.2) is 59.6 Å². The minimum Gasteiger partial charge on any atom is -0.335 e. The molecule has 2 aromatic rings. The third-order valence-corrected chi connectivity index (χ3v) is 6.08. The van der Waals surface area contributed by atoms with Gasteiger partial charge in [0.05, 0.1) is 29.9 Å². The number of benzene rings is 1. The van der Waals surface area contributed by atoms with Crippen molar-refractivity contribution >= 4 is 21.6 Å². The van der Waals surface area contributed by atoms with Crippen molar-refractivity contribution in [3.05, 3.63) is 54.7 Å². The number of amides is 1. The molecule has 2 heterocycles. The largest absolute Gasteiger partial charge is 0.335 e. The lowest BCUT2D eigenvalue weighted by atomic mass is 10.3. The van der Waals surface area contributed by atoms with Gasteiger partial charge in [0, 0.05) is 12.5 Å². The number of rotatable bonds is 5. The van der Waals surface area contributed by atoms with Crippen molar-refractivity contribution in [2.75, 3.05) is 36.8 Å². The minimum absolute atomic E-state index is 0.0225. The summed E-state index contributed by atoms with van der Waals surface area (Å²) in [4.78, 5) is 19.7. The molecule has 6 nitrogen and oxygen atoms in total. The van der Waals surface area contributed by atoms with Crippen molar-refractivity contribution < 1.29 is 18.2 Å². The van der Waals surface area contributed by atoms with Crippen molar-refractivity contribution in [2.45, 2.75) is 11.3 Å². The highest BCUT2D eigenvalue weighted by atomic mass is 32.2. The number of hydrogen-bond acceptors (Lipinski definition) is 4. The number of nitrogens with zero attached hydrogens (tertiary/aromatic N) is 2. The molecule has 7 heteroatoms. The smallest absolute Gasteiger partial charge is 0.274 e. The zero-order valence-corrected chi connectivity index (χ0v) is 14.8. The Hall–Kier alpha value is -2.41. The van der Waals surface area contributed by atoms with E-state index in [9.17, 15) is 13.2 Å². The highest BCUT2D eigenvalue weighted by molar-refractivity contribution is 7.91. The van der Waals surface area contributed by atoms with E-state index in [2.05, 4.69) is 9.88 Å². The first kappa shape index (κ1) is 17.4. The molecule has 1 N–H and O–H groups in total. The lowest BCUT2D eigenvalue weighted by Crippen LogP contribution is -2.50. The molecule has 3 rings (SSSR count). The van der Waals surface area contributed by atoms with E-state index in [-0.39, 0.29) is 23.0 Å². The molecule has 1 aromatic carbocycles. The van der Waals surface area contributed by atoms with E-state index >= 15 is 0 Å². The summed E-state index contributed by atoms with van der Waals surface area (Å²) < 4.78 is 24.5. The third-order valence-electron chi connectivity index (χ3n) is 4.35. The Kier molecular flexibility index (Phi) is 5.33. The predicted molar refractivity (Wildman–Crippen MR) is 94.9 cm³/mol. The predicted octanol–water partition coefficient (Wildman–Crippen LogP) is 1.01.